The molecule has 1 aromatic heterocycles. The molecule has 2 aromatic rings. The number of aryl methyl sites for hydroxylation is 1. The van der Waals surface area contributed by atoms with E-state index in [1.54, 1.807) is 13.1 Å². The van der Waals surface area contributed by atoms with Gasteiger partial charge in [0.05, 0.1) is 6.04 Å². The van der Waals surface area contributed by atoms with Crippen molar-refractivity contribution in [2.45, 2.75) is 26.3 Å². The first-order chi connectivity index (χ1) is 11.0. The van der Waals surface area contributed by atoms with Crippen molar-refractivity contribution in [2.75, 3.05) is 13.6 Å². The molecule has 0 aliphatic carbocycles. The van der Waals surface area contributed by atoms with Gasteiger partial charge in [0.2, 0.25) is 0 Å². The third-order valence-electron chi connectivity index (χ3n) is 3.47. The van der Waals surface area contributed by atoms with Gasteiger partial charge in [0.25, 0.3) is 0 Å². The van der Waals surface area contributed by atoms with E-state index in [4.69, 9.17) is 16.0 Å². The second kappa shape index (κ2) is 9.88. The average Bonchev–Trinajstić information content (AvgIpc) is 2.95. The van der Waals surface area contributed by atoms with Gasteiger partial charge < -0.3 is 15.1 Å². The number of benzene rings is 1. The minimum Gasteiger partial charge on any atom is -0.464 e. The summed E-state index contributed by atoms with van der Waals surface area (Å²) in [5, 5.41) is 6.91. The zero-order valence-electron chi connectivity index (χ0n) is 13.9. The van der Waals surface area contributed by atoms with E-state index >= 15 is 0 Å². The Bertz CT molecular complexity index is 690. The van der Waals surface area contributed by atoms with Gasteiger partial charge in [-0.25, -0.2) is 4.39 Å². The molecule has 0 amide bonds. The number of halogens is 3. The summed E-state index contributed by atoms with van der Waals surface area (Å²) < 4.78 is 18.6. The average molecular weight is 466 g/mol. The molecule has 2 rings (SSSR count). The van der Waals surface area contributed by atoms with E-state index in [2.05, 4.69) is 15.6 Å². The van der Waals surface area contributed by atoms with Crippen LogP contribution in [0.3, 0.4) is 0 Å². The van der Waals surface area contributed by atoms with E-state index < -0.39 is 0 Å². The highest BCUT2D eigenvalue weighted by Gasteiger charge is 2.11. The largest absolute Gasteiger partial charge is 0.464 e. The van der Waals surface area contributed by atoms with Crippen LogP contribution in [-0.4, -0.2) is 19.6 Å². The van der Waals surface area contributed by atoms with Gasteiger partial charge in [-0.2, -0.15) is 0 Å². The van der Waals surface area contributed by atoms with Gasteiger partial charge in [-0.1, -0.05) is 17.7 Å². The number of nitrogens with one attached hydrogen (secondary N) is 2. The maximum atomic E-state index is 13.0. The lowest BCUT2D eigenvalue weighted by Gasteiger charge is -2.16. The summed E-state index contributed by atoms with van der Waals surface area (Å²) in [6.45, 7) is 4.55. The fraction of sp³-hybridized carbons (Fsp3) is 0.353. The monoisotopic (exact) mass is 465 g/mol. The van der Waals surface area contributed by atoms with Crippen molar-refractivity contribution in [3.63, 3.8) is 0 Å². The summed E-state index contributed by atoms with van der Waals surface area (Å²) in [4.78, 5) is 4.19. The molecule has 1 aromatic carbocycles. The molecule has 0 aliphatic heterocycles. The van der Waals surface area contributed by atoms with Crippen molar-refractivity contribution in [1.82, 2.24) is 10.6 Å². The Labute approximate surface area is 163 Å². The molecule has 24 heavy (non-hydrogen) atoms. The summed E-state index contributed by atoms with van der Waals surface area (Å²) in [6, 6.07) is 8.31. The van der Waals surface area contributed by atoms with Gasteiger partial charge in [0, 0.05) is 18.6 Å². The third-order valence-corrected chi connectivity index (χ3v) is 3.82. The highest BCUT2D eigenvalue weighted by molar-refractivity contribution is 14.0. The topological polar surface area (TPSA) is 49.6 Å². The molecule has 0 fully saturated rings. The Hall–Kier alpha value is -1.28. The summed E-state index contributed by atoms with van der Waals surface area (Å²) in [5.74, 6) is 2.08. The fourth-order valence-corrected chi connectivity index (χ4v) is 2.46. The minimum absolute atomic E-state index is 0. The SMILES string of the molecule is CN=C(NCCc1ccc(F)cc1Cl)NC(C)c1ccc(C)o1.I. The first-order valence-corrected chi connectivity index (χ1v) is 7.85. The number of nitrogens with zero attached hydrogens (tertiary/aromatic N) is 1. The van der Waals surface area contributed by atoms with Crippen molar-refractivity contribution in [2.24, 2.45) is 4.99 Å². The van der Waals surface area contributed by atoms with Crippen molar-refractivity contribution in [1.29, 1.82) is 0 Å². The van der Waals surface area contributed by atoms with Crippen LogP contribution in [0.1, 0.15) is 30.0 Å². The summed E-state index contributed by atoms with van der Waals surface area (Å²) in [7, 11) is 1.71. The summed E-state index contributed by atoms with van der Waals surface area (Å²) in [5.41, 5.74) is 0.894. The van der Waals surface area contributed by atoms with E-state index in [1.807, 2.05) is 26.0 Å². The fourth-order valence-electron chi connectivity index (χ4n) is 2.20. The van der Waals surface area contributed by atoms with Crippen molar-refractivity contribution < 1.29 is 8.81 Å². The summed E-state index contributed by atoms with van der Waals surface area (Å²) in [6.07, 6.45) is 0.675. The maximum Gasteiger partial charge on any atom is 0.191 e. The van der Waals surface area contributed by atoms with Gasteiger partial charge >= 0.3 is 0 Å². The molecular weight excluding hydrogens is 444 g/mol. The summed E-state index contributed by atoms with van der Waals surface area (Å²) >= 11 is 6.02. The normalized spacial score (nSPS) is 12.5. The Morgan fingerprint density at radius 1 is 1.33 bits per heavy atom. The van der Waals surface area contributed by atoms with E-state index in [0.29, 0.717) is 23.9 Å². The number of furan rings is 1. The molecule has 4 nitrogen and oxygen atoms in total. The van der Waals surface area contributed by atoms with Crippen molar-refractivity contribution in [3.05, 3.63) is 58.3 Å². The van der Waals surface area contributed by atoms with E-state index in [1.165, 1.54) is 12.1 Å². The highest BCUT2D eigenvalue weighted by Crippen LogP contribution is 2.17. The number of hydrogen-bond donors (Lipinski definition) is 2. The van der Waals surface area contributed by atoms with Crippen LogP contribution in [0.5, 0.6) is 0 Å². The second-order valence-corrected chi connectivity index (χ2v) is 5.71. The van der Waals surface area contributed by atoms with Crippen LogP contribution < -0.4 is 10.6 Å². The number of rotatable bonds is 5. The van der Waals surface area contributed by atoms with Crippen LogP contribution in [-0.2, 0) is 6.42 Å². The zero-order valence-corrected chi connectivity index (χ0v) is 17.0. The number of guanidine groups is 1. The lowest BCUT2D eigenvalue weighted by Crippen LogP contribution is -2.39. The molecule has 1 unspecified atom stereocenters. The molecule has 1 atom stereocenters. The van der Waals surface area contributed by atoms with Gasteiger partial charge in [-0.05, 0) is 50.1 Å². The maximum absolute atomic E-state index is 13.0. The van der Waals surface area contributed by atoms with Crippen LogP contribution in [0, 0.1) is 12.7 Å². The number of aliphatic imine (C=N–C) groups is 1. The lowest BCUT2D eigenvalue weighted by atomic mass is 10.1. The lowest BCUT2D eigenvalue weighted by molar-refractivity contribution is 0.441. The van der Waals surface area contributed by atoms with Crippen LogP contribution in [0.25, 0.3) is 0 Å². The molecule has 0 saturated carbocycles. The predicted molar refractivity (Wildman–Crippen MR) is 107 cm³/mol. The predicted octanol–water partition coefficient (Wildman–Crippen LogP) is 4.47. The quantitative estimate of drug-likeness (QED) is 0.389. The van der Waals surface area contributed by atoms with Crippen molar-refractivity contribution >= 4 is 41.5 Å². The van der Waals surface area contributed by atoms with E-state index in [0.717, 1.165) is 17.1 Å². The Balaban J connectivity index is 0.00000288. The molecule has 1 heterocycles. The Morgan fingerprint density at radius 2 is 2.08 bits per heavy atom. The van der Waals surface area contributed by atoms with Crippen LogP contribution in [0.4, 0.5) is 4.39 Å². The smallest absolute Gasteiger partial charge is 0.191 e. The van der Waals surface area contributed by atoms with E-state index in [9.17, 15) is 4.39 Å². The first-order valence-electron chi connectivity index (χ1n) is 7.47. The molecule has 0 saturated heterocycles. The van der Waals surface area contributed by atoms with Gasteiger partial charge in [-0.15, -0.1) is 24.0 Å². The third kappa shape index (κ3) is 5.98. The second-order valence-electron chi connectivity index (χ2n) is 5.30. The Kier molecular flexibility index (Phi) is 8.55. The molecule has 0 aliphatic rings. The van der Waals surface area contributed by atoms with E-state index in [-0.39, 0.29) is 35.8 Å². The van der Waals surface area contributed by atoms with Gasteiger partial charge in [-0.3, -0.25) is 4.99 Å². The van der Waals surface area contributed by atoms with Crippen LogP contribution in [0.2, 0.25) is 5.02 Å². The standard InChI is InChI=1S/C17H21ClFN3O.HI/c1-11-4-7-16(23-11)12(2)22-17(20-3)21-9-8-13-5-6-14(19)10-15(13)18;/h4-7,10,12H,8-9H2,1-3H3,(H2,20,21,22);1H. The molecule has 132 valence electrons. The van der Waals surface area contributed by atoms with Gasteiger partial charge in [0.15, 0.2) is 5.96 Å². The highest BCUT2D eigenvalue weighted by atomic mass is 127. The molecular formula is C17H22ClFIN3O. The minimum atomic E-state index is -0.327. The van der Waals surface area contributed by atoms with Crippen LogP contribution >= 0.6 is 35.6 Å². The molecule has 2 N–H and O–H groups in total. The molecule has 0 radical (unpaired) electrons. The van der Waals surface area contributed by atoms with Crippen molar-refractivity contribution in [3.8, 4) is 0 Å². The zero-order chi connectivity index (χ0) is 16.8. The molecule has 0 bridgehead atoms. The number of hydrogen-bond acceptors (Lipinski definition) is 2. The molecule has 7 heteroatoms. The Morgan fingerprint density at radius 3 is 2.67 bits per heavy atom. The van der Waals surface area contributed by atoms with Gasteiger partial charge in [0.1, 0.15) is 17.3 Å². The molecule has 0 spiro atoms. The first kappa shape index (κ1) is 20.8. The van der Waals surface area contributed by atoms with Crippen LogP contribution in [0.15, 0.2) is 39.7 Å².